The second kappa shape index (κ2) is 8.08. The molecule has 2 N–H and O–H groups in total. The minimum Gasteiger partial charge on any atom is -0.393 e. The van der Waals surface area contributed by atoms with E-state index in [1.807, 2.05) is 0 Å². The molecule has 1 atom stereocenters. The van der Waals surface area contributed by atoms with Gasteiger partial charge in [-0.1, -0.05) is 47.5 Å². The van der Waals surface area contributed by atoms with Crippen molar-refractivity contribution >= 4 is 0 Å². The molecule has 16 heavy (non-hydrogen) atoms. The molecule has 0 bridgehead atoms. The van der Waals surface area contributed by atoms with Crippen LogP contribution in [0.1, 0.15) is 60.3 Å². The number of rotatable bonds is 8. The molecule has 0 aliphatic rings. The molecule has 0 heterocycles. The van der Waals surface area contributed by atoms with E-state index in [1.54, 1.807) is 0 Å². The lowest BCUT2D eigenvalue weighted by molar-refractivity contribution is 0.148. The summed E-state index contributed by atoms with van der Waals surface area (Å²) in [5, 5.41) is 13.1. The highest BCUT2D eigenvalue weighted by molar-refractivity contribution is 4.66. The fourth-order valence-electron chi connectivity index (χ4n) is 1.64. The predicted molar refractivity (Wildman–Crippen MR) is 71.6 cm³/mol. The second-order valence-electron chi connectivity index (χ2n) is 6.50. The molecule has 0 aliphatic heterocycles. The van der Waals surface area contributed by atoms with Gasteiger partial charge in [-0.25, -0.2) is 0 Å². The second-order valence-corrected chi connectivity index (χ2v) is 6.50. The summed E-state index contributed by atoms with van der Waals surface area (Å²) in [6.07, 6.45) is 4.10. The van der Waals surface area contributed by atoms with Gasteiger partial charge in [0.15, 0.2) is 0 Å². The smallest absolute Gasteiger partial charge is 0.0552 e. The van der Waals surface area contributed by atoms with E-state index in [0.717, 1.165) is 38.3 Å². The van der Waals surface area contributed by atoms with Crippen LogP contribution in [0.25, 0.3) is 0 Å². The Morgan fingerprint density at radius 1 is 1.06 bits per heavy atom. The Balaban J connectivity index is 3.34. The lowest BCUT2D eigenvalue weighted by atomic mass is 9.97. The summed E-state index contributed by atoms with van der Waals surface area (Å²) in [4.78, 5) is 0. The monoisotopic (exact) mass is 229 g/mol. The predicted octanol–water partition coefficient (Wildman–Crippen LogP) is 3.20. The molecule has 98 valence electrons. The molecule has 0 saturated carbocycles. The van der Waals surface area contributed by atoms with Crippen LogP contribution in [0, 0.1) is 11.3 Å². The molecule has 2 heteroatoms. The van der Waals surface area contributed by atoms with Gasteiger partial charge in [-0.15, -0.1) is 0 Å². The fraction of sp³-hybridized carbons (Fsp3) is 1.00. The van der Waals surface area contributed by atoms with Crippen LogP contribution >= 0.6 is 0 Å². The Labute approximate surface area is 102 Å². The van der Waals surface area contributed by atoms with E-state index in [4.69, 9.17) is 0 Å². The summed E-state index contributed by atoms with van der Waals surface area (Å²) in [7, 11) is 0. The van der Waals surface area contributed by atoms with Crippen LogP contribution in [0.15, 0.2) is 0 Å². The van der Waals surface area contributed by atoms with E-state index >= 15 is 0 Å². The normalized spacial score (nSPS) is 14.4. The highest BCUT2D eigenvalue weighted by Crippen LogP contribution is 2.11. The first-order valence-corrected chi connectivity index (χ1v) is 6.70. The topological polar surface area (TPSA) is 32.3 Å². The van der Waals surface area contributed by atoms with Crippen LogP contribution in [-0.2, 0) is 0 Å². The Hall–Kier alpha value is -0.0800. The summed E-state index contributed by atoms with van der Waals surface area (Å²) >= 11 is 0. The van der Waals surface area contributed by atoms with Gasteiger partial charge < -0.3 is 10.4 Å². The molecule has 0 aromatic carbocycles. The van der Waals surface area contributed by atoms with E-state index in [-0.39, 0.29) is 6.10 Å². The number of aliphatic hydroxyl groups is 1. The van der Waals surface area contributed by atoms with Gasteiger partial charge in [0, 0.05) is 0 Å². The van der Waals surface area contributed by atoms with Crippen LogP contribution in [0.2, 0.25) is 0 Å². The van der Waals surface area contributed by atoms with E-state index in [2.05, 4.69) is 39.9 Å². The Bertz CT molecular complexity index is 161. The SMILES string of the molecule is CC(C)CCC[C@@H](O)CCNCC(C)(C)C. The van der Waals surface area contributed by atoms with Crippen molar-refractivity contribution in [1.82, 2.24) is 5.32 Å². The summed E-state index contributed by atoms with van der Waals surface area (Å²) in [5.41, 5.74) is 0.336. The van der Waals surface area contributed by atoms with Gasteiger partial charge in [0.1, 0.15) is 0 Å². The molecule has 0 aromatic rings. The van der Waals surface area contributed by atoms with Gasteiger partial charge in [-0.3, -0.25) is 0 Å². The van der Waals surface area contributed by atoms with Gasteiger partial charge in [-0.05, 0) is 37.3 Å². The molecule has 0 aromatic heterocycles. The lowest BCUT2D eigenvalue weighted by Crippen LogP contribution is -2.29. The molecule has 0 unspecified atom stereocenters. The molecule has 0 spiro atoms. The van der Waals surface area contributed by atoms with Crippen molar-refractivity contribution in [3.05, 3.63) is 0 Å². The standard InChI is InChI=1S/C14H31NO/c1-12(2)7-6-8-13(16)9-10-15-11-14(3,4)5/h12-13,15-16H,6-11H2,1-5H3/t13-/m1/s1. The Kier molecular flexibility index (Phi) is 8.04. The molecular formula is C14H31NO. The zero-order valence-electron chi connectivity index (χ0n) is 11.8. The molecule has 0 aliphatic carbocycles. The molecule has 0 amide bonds. The third-order valence-corrected chi connectivity index (χ3v) is 2.63. The van der Waals surface area contributed by atoms with Gasteiger partial charge in [0.2, 0.25) is 0 Å². The number of aliphatic hydroxyl groups excluding tert-OH is 1. The van der Waals surface area contributed by atoms with E-state index in [1.165, 1.54) is 6.42 Å². The van der Waals surface area contributed by atoms with Crippen LogP contribution in [0.3, 0.4) is 0 Å². The molecule has 0 radical (unpaired) electrons. The summed E-state index contributed by atoms with van der Waals surface area (Å²) in [6, 6.07) is 0. The number of hydrogen-bond donors (Lipinski definition) is 2. The van der Waals surface area contributed by atoms with E-state index < -0.39 is 0 Å². The quantitative estimate of drug-likeness (QED) is 0.626. The average molecular weight is 229 g/mol. The highest BCUT2D eigenvalue weighted by Gasteiger charge is 2.09. The van der Waals surface area contributed by atoms with Gasteiger partial charge in [0.05, 0.1) is 6.10 Å². The third-order valence-electron chi connectivity index (χ3n) is 2.63. The molecule has 0 saturated heterocycles. The molecule has 0 rings (SSSR count). The van der Waals surface area contributed by atoms with Crippen molar-refractivity contribution in [2.45, 2.75) is 66.4 Å². The molecule has 2 nitrogen and oxygen atoms in total. The van der Waals surface area contributed by atoms with E-state index in [9.17, 15) is 5.11 Å². The van der Waals surface area contributed by atoms with Crippen molar-refractivity contribution in [2.75, 3.05) is 13.1 Å². The maximum Gasteiger partial charge on any atom is 0.0552 e. The largest absolute Gasteiger partial charge is 0.393 e. The Morgan fingerprint density at radius 3 is 2.19 bits per heavy atom. The van der Waals surface area contributed by atoms with Crippen LogP contribution in [-0.4, -0.2) is 24.3 Å². The van der Waals surface area contributed by atoms with Crippen molar-refractivity contribution in [3.8, 4) is 0 Å². The number of nitrogens with one attached hydrogen (secondary N) is 1. The first-order chi connectivity index (χ1) is 7.31. The third kappa shape index (κ3) is 12.0. The van der Waals surface area contributed by atoms with Crippen LogP contribution in [0.5, 0.6) is 0 Å². The first kappa shape index (κ1) is 15.9. The minimum absolute atomic E-state index is 0.119. The average Bonchev–Trinajstić information content (AvgIpc) is 2.10. The maximum atomic E-state index is 9.75. The summed E-state index contributed by atoms with van der Waals surface area (Å²) in [6.45, 7) is 13.1. The van der Waals surface area contributed by atoms with Crippen molar-refractivity contribution < 1.29 is 5.11 Å². The zero-order chi connectivity index (χ0) is 12.6. The summed E-state index contributed by atoms with van der Waals surface area (Å²) < 4.78 is 0. The van der Waals surface area contributed by atoms with Crippen molar-refractivity contribution in [3.63, 3.8) is 0 Å². The van der Waals surface area contributed by atoms with Crippen LogP contribution in [0.4, 0.5) is 0 Å². The van der Waals surface area contributed by atoms with Gasteiger partial charge >= 0.3 is 0 Å². The van der Waals surface area contributed by atoms with Gasteiger partial charge in [-0.2, -0.15) is 0 Å². The van der Waals surface area contributed by atoms with Crippen molar-refractivity contribution in [2.24, 2.45) is 11.3 Å². The maximum absolute atomic E-state index is 9.75. The first-order valence-electron chi connectivity index (χ1n) is 6.70. The Morgan fingerprint density at radius 2 is 1.69 bits per heavy atom. The molecular weight excluding hydrogens is 198 g/mol. The zero-order valence-corrected chi connectivity index (χ0v) is 11.8. The highest BCUT2D eigenvalue weighted by atomic mass is 16.3. The molecule has 0 fully saturated rings. The minimum atomic E-state index is -0.119. The van der Waals surface area contributed by atoms with Gasteiger partial charge in [0.25, 0.3) is 0 Å². The van der Waals surface area contributed by atoms with Crippen molar-refractivity contribution in [1.29, 1.82) is 0 Å². The van der Waals surface area contributed by atoms with E-state index in [0.29, 0.717) is 5.41 Å². The fourth-order valence-corrected chi connectivity index (χ4v) is 1.64. The number of hydrogen-bond acceptors (Lipinski definition) is 2. The van der Waals surface area contributed by atoms with Crippen LogP contribution < -0.4 is 5.32 Å². The lowest BCUT2D eigenvalue weighted by Gasteiger charge is -2.19. The summed E-state index contributed by atoms with van der Waals surface area (Å²) in [5.74, 6) is 0.756.